The Balaban J connectivity index is 0.920. The van der Waals surface area contributed by atoms with Crippen molar-refractivity contribution < 1.29 is 147 Å². The van der Waals surface area contributed by atoms with E-state index in [9.17, 15) is 109 Å². The molecule has 9 atom stereocenters. The van der Waals surface area contributed by atoms with Gasteiger partial charge in [-0.15, -0.1) is 0 Å². The topological polar surface area (TPSA) is 597 Å². The Hall–Kier alpha value is -13.9. The first-order valence-electron chi connectivity index (χ1n) is 49.4. The number of hydrogen-bond donors (Lipinski definition) is 10. The molecule has 6 bridgehead atoms. The Morgan fingerprint density at radius 3 is 1.82 bits per heavy atom. The van der Waals surface area contributed by atoms with Crippen molar-refractivity contribution in [1.82, 2.24) is 61.5 Å². The van der Waals surface area contributed by atoms with Gasteiger partial charge in [0.25, 0.3) is 35.4 Å². The van der Waals surface area contributed by atoms with E-state index in [-0.39, 0.29) is 161 Å². The van der Waals surface area contributed by atoms with Crippen molar-refractivity contribution in [3.05, 3.63) is 118 Å². The van der Waals surface area contributed by atoms with E-state index in [1.54, 1.807) is 43.9 Å². The smallest absolute Gasteiger partial charge is 0.416 e. The summed E-state index contributed by atoms with van der Waals surface area (Å²) in [5.74, 6) is -20.1. The lowest BCUT2D eigenvalue weighted by atomic mass is 9.90. The van der Waals surface area contributed by atoms with Crippen LogP contribution in [0.15, 0.2) is 96.1 Å². The number of carbonyl (C=O) groups excluding carboxylic acids is 20. The number of hydrogen-bond acceptors (Lipinski definition) is 31. The fourth-order valence-corrected chi connectivity index (χ4v) is 18.3. The van der Waals surface area contributed by atoms with E-state index in [2.05, 4.69) is 47.3 Å². The molecule has 0 saturated carbocycles. The van der Waals surface area contributed by atoms with Crippen LogP contribution in [0.5, 0.6) is 17.2 Å². The summed E-state index contributed by atoms with van der Waals surface area (Å²) in [4.78, 5) is 284. The standard InChI is InChI=1S/C101H133N15O31S/c1-61-45-68-58-114-77-52-81(63(3)48-72(77)98(134)113(68)56-61)145-37-15-10-16-38-146-83-53-78-73(51-82(83)142-8)99(135)115-57-62(2)46-79(115)100(136)116(78)101(137)147-59-66-20-22-67(23-21-66)107-96(132)76(19-12-9-11-17-69(117)30-39-143-43-41-140-6)109-94(130)64(4)47-71(119)54-105-95(131)74(50-70(118)28-35-111-87(124)24-25-88(111)125)92(110-85(122)29-36-112-89(126)26-27-90(112)127)97(133)104-34-33-103-93(129)65(5)49-80(120)75(108-86(123)55-106-148(138,139)60-91(114)128)18-13-14-32-102-84(121)31-40-144-44-42-141-7/h20-27,45-46,48,51-53,64-65,68,74-76,79,92,100,106,136H,9-19,28-44,47,49-50,54-60H2,1-8H3,(H,102,121)(H,103,129)(H,104,133)(H,105,131)(H,107,132)(H,108,123)(H,109,130)(H,110,122)/t64-,65+,68+,74+,75-,76+,79+,92+,100?/m1/s1. The van der Waals surface area contributed by atoms with Gasteiger partial charge in [0.15, 0.2) is 29.3 Å². The summed E-state index contributed by atoms with van der Waals surface area (Å²) >= 11 is 0. The molecule has 10 N–H and O–H groups in total. The van der Waals surface area contributed by atoms with Crippen LogP contribution in [0.25, 0.3) is 0 Å². The Kier molecular flexibility index (Phi) is 44.6. The number of imide groups is 2. The number of ketones is 4. The highest BCUT2D eigenvalue weighted by Crippen LogP contribution is 2.42. The monoisotopic (exact) mass is 2080 g/mol. The minimum absolute atomic E-state index is 0.00386. The minimum Gasteiger partial charge on any atom is -0.493 e. The zero-order chi connectivity index (χ0) is 107. The van der Waals surface area contributed by atoms with E-state index in [4.69, 9.17) is 37.9 Å². The van der Waals surface area contributed by atoms with Crippen LogP contribution in [0.4, 0.5) is 21.9 Å². The molecule has 0 saturated heterocycles. The number of carbonyl (C=O) groups is 20. The number of ether oxygens (including phenoxy) is 8. The number of amides is 16. The molecule has 0 spiro atoms. The van der Waals surface area contributed by atoms with Gasteiger partial charge in [0, 0.05) is 165 Å². The van der Waals surface area contributed by atoms with Crippen LogP contribution in [-0.2, 0) is 122 Å². The number of sulfonamides is 1. The summed E-state index contributed by atoms with van der Waals surface area (Å²) in [6.07, 6.45) is 4.10. The third kappa shape index (κ3) is 34.1. The van der Waals surface area contributed by atoms with Crippen LogP contribution in [-0.4, -0.2) is 333 Å². The second-order valence-electron chi connectivity index (χ2n) is 37.1. The largest absolute Gasteiger partial charge is 0.493 e. The molecule has 0 aliphatic carbocycles. The molecule has 8 heterocycles. The molecule has 8 aliphatic rings. The Bertz CT molecular complexity index is 5630. The number of anilines is 3. The number of fused-ring (bicyclic) bond motifs is 41. The molecule has 46 nitrogen and oxygen atoms in total. The number of Topliss-reactive ketones (excluding diaryl/α,β-unsaturated/α-hetero) is 4. The number of nitrogens with one attached hydrogen (secondary N) is 9. The van der Waals surface area contributed by atoms with Crippen LogP contribution < -0.4 is 71.3 Å². The number of aliphatic hydroxyl groups excluding tert-OH is 1. The quantitative estimate of drug-likeness (QED) is 0.0237. The summed E-state index contributed by atoms with van der Waals surface area (Å²) in [5.41, 5.74) is 2.62. The van der Waals surface area contributed by atoms with E-state index in [0.717, 1.165) is 45.3 Å². The van der Waals surface area contributed by atoms with Crippen LogP contribution in [0.1, 0.15) is 175 Å². The molecule has 47 heteroatoms. The Morgan fingerprint density at radius 2 is 1.16 bits per heavy atom. The second-order valence-corrected chi connectivity index (χ2v) is 38.9. The van der Waals surface area contributed by atoms with Gasteiger partial charge in [-0.1, -0.05) is 62.1 Å². The fraction of sp³-hybridized carbons (Fsp3) is 0.545. The van der Waals surface area contributed by atoms with E-state index in [1.807, 2.05) is 0 Å². The van der Waals surface area contributed by atoms with Gasteiger partial charge in [-0.05, 0) is 108 Å². The van der Waals surface area contributed by atoms with Gasteiger partial charge in [-0.3, -0.25) is 101 Å². The Morgan fingerprint density at radius 1 is 0.554 bits per heavy atom. The lowest BCUT2D eigenvalue weighted by Gasteiger charge is -2.31. The number of aryl methyl sites for hydroxylation is 1. The molecule has 804 valence electrons. The van der Waals surface area contributed by atoms with E-state index in [0.29, 0.717) is 74.4 Å². The second kappa shape index (κ2) is 56.9. The van der Waals surface area contributed by atoms with Crippen LogP contribution in [0.2, 0.25) is 0 Å². The fourth-order valence-electron chi connectivity index (χ4n) is 17.4. The molecule has 148 heavy (non-hydrogen) atoms. The molecule has 0 aromatic heterocycles. The third-order valence-electron chi connectivity index (χ3n) is 25.5. The van der Waals surface area contributed by atoms with Crippen molar-refractivity contribution in [3.63, 3.8) is 0 Å². The molecule has 8 aliphatic heterocycles. The molecular formula is C101H133N15O31S. The number of benzene rings is 3. The minimum atomic E-state index is -4.76. The molecule has 1 unspecified atom stereocenters. The van der Waals surface area contributed by atoms with Gasteiger partial charge < -0.3 is 100 Å². The summed E-state index contributed by atoms with van der Waals surface area (Å²) < 4.78 is 75.6. The highest BCUT2D eigenvalue weighted by atomic mass is 32.2. The molecule has 0 fully saturated rings. The van der Waals surface area contributed by atoms with Crippen molar-refractivity contribution >= 4 is 145 Å². The summed E-state index contributed by atoms with van der Waals surface area (Å²) in [5, 5.41) is 32.9. The normalized spacial score (nSPS) is 22.3. The third-order valence-corrected chi connectivity index (χ3v) is 26.7. The van der Waals surface area contributed by atoms with Crippen molar-refractivity contribution in [2.45, 2.75) is 193 Å². The highest BCUT2D eigenvalue weighted by Gasteiger charge is 2.47. The lowest BCUT2D eigenvalue weighted by molar-refractivity contribution is -0.140. The SMILES string of the molecule is COCCOCCC(=O)CCCCC[C@@H]1NC(=O)[C@H](C)CC(=O)CNC(=O)[C@@H](CC(=O)CCN2C(=O)C=CC2=O)[C@H](NC(=O)CCN2C(=O)C=CC2=O)C(=O)NCCNC(=O)[C@@H](C)CC(=O)[C@@H](CCCCNC(=O)CCOCCOC)NC(=O)CNS(=O)(=O)CC(=O)N2C[C@@H]3C=C(C)CN3C(=O)c3cc(C)c(cc32)OCCCCCOc2cc3c(cc2OC)C(=O)N2CC(C)=C[C@H]2C(O)N3C(=O)OCc2ccc(cc2)NC1=O. The number of aliphatic hydroxyl groups is 1. The first-order valence-corrected chi connectivity index (χ1v) is 51.1. The van der Waals surface area contributed by atoms with Gasteiger partial charge in [0.1, 0.15) is 41.8 Å². The van der Waals surface area contributed by atoms with Crippen molar-refractivity contribution in [2.75, 3.05) is 161 Å². The maximum absolute atomic E-state index is 14.8. The molecule has 11 rings (SSSR count). The molecule has 16 amide bonds. The van der Waals surface area contributed by atoms with Crippen molar-refractivity contribution in [1.29, 1.82) is 0 Å². The molecule has 0 radical (unpaired) electrons. The zero-order valence-corrected chi connectivity index (χ0v) is 85.3. The van der Waals surface area contributed by atoms with Crippen LogP contribution in [0, 0.1) is 24.7 Å². The Labute approximate surface area is 856 Å². The first kappa shape index (κ1) is 116. The van der Waals surface area contributed by atoms with E-state index in [1.165, 1.54) is 87.4 Å². The summed E-state index contributed by atoms with van der Waals surface area (Å²) in [7, 11) is -0.385. The number of methoxy groups -OCH3 is 3. The molecular weight excluding hydrogens is 1950 g/mol. The molecule has 3 aromatic carbocycles. The lowest BCUT2D eigenvalue weighted by Crippen LogP contribution is -2.56. The predicted octanol–water partition coefficient (Wildman–Crippen LogP) is 1.98. The highest BCUT2D eigenvalue weighted by molar-refractivity contribution is 7.90. The average molecular weight is 2090 g/mol. The van der Waals surface area contributed by atoms with Gasteiger partial charge in [-0.2, -0.15) is 0 Å². The van der Waals surface area contributed by atoms with Gasteiger partial charge in [0.05, 0.1) is 126 Å². The zero-order valence-electron chi connectivity index (χ0n) is 84.4. The van der Waals surface area contributed by atoms with Gasteiger partial charge >= 0.3 is 6.09 Å². The number of nitrogens with zero attached hydrogens (tertiary/aromatic N) is 6. The van der Waals surface area contributed by atoms with Crippen molar-refractivity contribution in [2.24, 2.45) is 17.8 Å². The van der Waals surface area contributed by atoms with E-state index < -0.39 is 254 Å². The van der Waals surface area contributed by atoms with Crippen molar-refractivity contribution in [3.8, 4) is 17.2 Å². The number of rotatable bonds is 33. The average Bonchev–Trinajstić information content (AvgIpc) is 1.60. The first-order chi connectivity index (χ1) is 70.7. The predicted molar refractivity (Wildman–Crippen MR) is 530 cm³/mol. The maximum Gasteiger partial charge on any atom is 0.416 e. The van der Waals surface area contributed by atoms with Crippen LogP contribution >= 0.6 is 0 Å². The summed E-state index contributed by atoms with van der Waals surface area (Å²) in [6, 6.07) is 5.33. The maximum atomic E-state index is 14.8. The number of unbranched alkanes of at least 4 members (excludes halogenated alkanes) is 3. The van der Waals surface area contributed by atoms with E-state index >= 15 is 0 Å². The van der Waals surface area contributed by atoms with Crippen LogP contribution in [0.3, 0.4) is 0 Å². The van der Waals surface area contributed by atoms with Gasteiger partial charge in [0.2, 0.25) is 63.2 Å². The molecule has 3 aromatic rings. The summed E-state index contributed by atoms with van der Waals surface area (Å²) in [6.45, 7) is 5.47. The van der Waals surface area contributed by atoms with Gasteiger partial charge in [-0.25, -0.2) is 22.8 Å².